The van der Waals surface area contributed by atoms with Crippen LogP contribution in [0.15, 0.2) is 115 Å². The van der Waals surface area contributed by atoms with Gasteiger partial charge >= 0.3 is 0 Å². The first-order chi connectivity index (χ1) is 14.8. The zero-order valence-corrected chi connectivity index (χ0v) is 17.2. The summed E-state index contributed by atoms with van der Waals surface area (Å²) in [5.74, 6) is 0. The monoisotopic (exact) mass is 387 g/mol. The number of anilines is 2. The van der Waals surface area contributed by atoms with Crippen LogP contribution >= 0.6 is 0 Å². The maximum atomic E-state index is 2.47. The summed E-state index contributed by atoms with van der Waals surface area (Å²) in [6, 6.07) is 35.0. The Morgan fingerprint density at radius 3 is 2.23 bits per heavy atom. The van der Waals surface area contributed by atoms with Gasteiger partial charge in [0.15, 0.2) is 0 Å². The predicted octanol–water partition coefficient (Wildman–Crippen LogP) is 7.70. The standard InChI is InChI=1S/C29H25N/c1-22-14-16-23(17-15-22)24-18-20-27(21-19-24)30(26-10-3-2-4-11-26)29-13-7-9-25-8-5-6-12-28(25)29/h2-20,27H,21H2,1H3. The van der Waals surface area contributed by atoms with Gasteiger partial charge in [-0.3, -0.25) is 0 Å². The number of aryl methyl sites for hydroxylation is 1. The van der Waals surface area contributed by atoms with Gasteiger partial charge in [0.25, 0.3) is 0 Å². The molecule has 30 heavy (non-hydrogen) atoms. The molecule has 0 bridgehead atoms. The molecule has 0 heterocycles. The van der Waals surface area contributed by atoms with E-state index in [-0.39, 0.29) is 6.04 Å². The van der Waals surface area contributed by atoms with E-state index in [9.17, 15) is 0 Å². The molecule has 0 N–H and O–H groups in total. The number of hydrogen-bond acceptors (Lipinski definition) is 1. The molecule has 4 aromatic carbocycles. The van der Waals surface area contributed by atoms with Crippen LogP contribution in [-0.4, -0.2) is 6.04 Å². The molecule has 0 aliphatic heterocycles. The lowest BCUT2D eigenvalue weighted by molar-refractivity contribution is 0.789. The lowest BCUT2D eigenvalue weighted by atomic mass is 9.94. The molecule has 4 aromatic rings. The van der Waals surface area contributed by atoms with Crippen molar-refractivity contribution in [2.45, 2.75) is 19.4 Å². The molecule has 1 aliphatic carbocycles. The average Bonchev–Trinajstić information content (AvgIpc) is 2.81. The molecule has 0 saturated heterocycles. The Labute approximate surface area is 178 Å². The van der Waals surface area contributed by atoms with Crippen molar-refractivity contribution in [1.82, 2.24) is 0 Å². The average molecular weight is 388 g/mol. The van der Waals surface area contributed by atoms with Crippen LogP contribution in [-0.2, 0) is 0 Å². The Balaban J connectivity index is 1.54. The van der Waals surface area contributed by atoms with Crippen molar-refractivity contribution in [3.05, 3.63) is 126 Å². The van der Waals surface area contributed by atoms with E-state index in [2.05, 4.69) is 127 Å². The Bertz CT molecular complexity index is 1210. The Morgan fingerprint density at radius 2 is 1.47 bits per heavy atom. The van der Waals surface area contributed by atoms with Gasteiger partial charge in [0, 0.05) is 16.8 Å². The summed E-state index contributed by atoms with van der Waals surface area (Å²) in [6.45, 7) is 2.13. The molecule has 1 unspecified atom stereocenters. The highest BCUT2D eigenvalue weighted by Crippen LogP contribution is 2.37. The molecule has 1 nitrogen and oxygen atoms in total. The topological polar surface area (TPSA) is 3.24 Å². The van der Waals surface area contributed by atoms with E-state index in [1.54, 1.807) is 0 Å². The smallest absolute Gasteiger partial charge is 0.0560 e. The maximum absolute atomic E-state index is 2.47. The fourth-order valence-corrected chi connectivity index (χ4v) is 4.28. The van der Waals surface area contributed by atoms with E-state index < -0.39 is 0 Å². The number of para-hydroxylation sites is 1. The van der Waals surface area contributed by atoms with Crippen LogP contribution in [0.4, 0.5) is 11.4 Å². The van der Waals surface area contributed by atoms with Crippen LogP contribution in [0.5, 0.6) is 0 Å². The number of nitrogens with zero attached hydrogens (tertiary/aromatic N) is 1. The summed E-state index contributed by atoms with van der Waals surface area (Å²) in [5, 5.41) is 2.55. The summed E-state index contributed by atoms with van der Waals surface area (Å²) < 4.78 is 0. The lowest BCUT2D eigenvalue weighted by Gasteiger charge is -2.34. The quantitative estimate of drug-likeness (QED) is 0.347. The van der Waals surface area contributed by atoms with E-state index in [4.69, 9.17) is 0 Å². The molecular formula is C29H25N. The molecular weight excluding hydrogens is 362 g/mol. The molecule has 1 aliphatic rings. The second-order valence-electron chi connectivity index (χ2n) is 7.89. The minimum Gasteiger partial charge on any atom is -0.334 e. The number of fused-ring (bicyclic) bond motifs is 1. The molecule has 1 heteroatoms. The van der Waals surface area contributed by atoms with Gasteiger partial charge in [-0.05, 0) is 48.1 Å². The number of allylic oxidation sites excluding steroid dienone is 2. The van der Waals surface area contributed by atoms with E-state index in [1.807, 2.05) is 0 Å². The van der Waals surface area contributed by atoms with Crippen LogP contribution in [0.3, 0.4) is 0 Å². The van der Waals surface area contributed by atoms with E-state index >= 15 is 0 Å². The first-order valence-electron chi connectivity index (χ1n) is 10.6. The number of benzene rings is 4. The van der Waals surface area contributed by atoms with Gasteiger partial charge in [-0.2, -0.15) is 0 Å². The fourth-order valence-electron chi connectivity index (χ4n) is 4.28. The molecule has 5 rings (SSSR count). The largest absolute Gasteiger partial charge is 0.334 e. The van der Waals surface area contributed by atoms with Gasteiger partial charge in [0.2, 0.25) is 0 Å². The zero-order chi connectivity index (χ0) is 20.3. The van der Waals surface area contributed by atoms with E-state index in [0.717, 1.165) is 6.42 Å². The minimum atomic E-state index is 0.271. The van der Waals surface area contributed by atoms with Crippen LogP contribution in [0.1, 0.15) is 17.5 Å². The lowest BCUT2D eigenvalue weighted by Crippen LogP contribution is -2.30. The van der Waals surface area contributed by atoms with Gasteiger partial charge in [-0.25, -0.2) is 0 Å². The van der Waals surface area contributed by atoms with Crippen LogP contribution in [0.25, 0.3) is 16.3 Å². The second kappa shape index (κ2) is 8.04. The first kappa shape index (κ1) is 18.4. The molecule has 0 fully saturated rings. The van der Waals surface area contributed by atoms with Crippen LogP contribution < -0.4 is 4.90 Å². The molecule has 146 valence electrons. The van der Waals surface area contributed by atoms with Crippen LogP contribution in [0, 0.1) is 6.92 Å². The van der Waals surface area contributed by atoms with Gasteiger partial charge in [-0.15, -0.1) is 0 Å². The summed E-state index contributed by atoms with van der Waals surface area (Å²) in [5.41, 5.74) is 6.35. The van der Waals surface area contributed by atoms with Gasteiger partial charge in [0.1, 0.15) is 0 Å². The third-order valence-corrected chi connectivity index (χ3v) is 5.85. The Morgan fingerprint density at radius 1 is 0.733 bits per heavy atom. The molecule has 0 amide bonds. The molecule has 0 aromatic heterocycles. The third-order valence-electron chi connectivity index (χ3n) is 5.85. The predicted molar refractivity (Wildman–Crippen MR) is 129 cm³/mol. The van der Waals surface area contributed by atoms with Crippen molar-refractivity contribution in [2.24, 2.45) is 0 Å². The van der Waals surface area contributed by atoms with Gasteiger partial charge in [0.05, 0.1) is 6.04 Å². The maximum Gasteiger partial charge on any atom is 0.0560 e. The molecule has 0 radical (unpaired) electrons. The SMILES string of the molecule is Cc1ccc(C2=CCC(N(c3ccccc3)c3cccc4ccccc34)C=C2)cc1. The van der Waals surface area contributed by atoms with Crippen molar-refractivity contribution < 1.29 is 0 Å². The fraction of sp³-hybridized carbons (Fsp3) is 0.103. The number of rotatable bonds is 4. The summed E-state index contributed by atoms with van der Waals surface area (Å²) in [6.07, 6.45) is 7.97. The minimum absolute atomic E-state index is 0.271. The van der Waals surface area contributed by atoms with Gasteiger partial charge < -0.3 is 4.90 Å². The summed E-state index contributed by atoms with van der Waals surface area (Å²) >= 11 is 0. The number of hydrogen-bond donors (Lipinski definition) is 0. The molecule has 1 atom stereocenters. The summed E-state index contributed by atoms with van der Waals surface area (Å²) in [7, 11) is 0. The summed E-state index contributed by atoms with van der Waals surface area (Å²) in [4.78, 5) is 2.47. The van der Waals surface area contributed by atoms with E-state index in [0.29, 0.717) is 0 Å². The highest BCUT2D eigenvalue weighted by atomic mass is 15.2. The van der Waals surface area contributed by atoms with Crippen molar-refractivity contribution in [1.29, 1.82) is 0 Å². The second-order valence-corrected chi connectivity index (χ2v) is 7.89. The Kier molecular flexibility index (Phi) is 4.94. The van der Waals surface area contributed by atoms with Crippen LogP contribution in [0.2, 0.25) is 0 Å². The Hall–Kier alpha value is -3.58. The first-order valence-corrected chi connectivity index (χ1v) is 10.6. The molecule has 0 spiro atoms. The van der Waals surface area contributed by atoms with Gasteiger partial charge in [-0.1, -0.05) is 103 Å². The van der Waals surface area contributed by atoms with Crippen molar-refractivity contribution >= 4 is 27.7 Å². The normalized spacial score (nSPS) is 15.8. The van der Waals surface area contributed by atoms with E-state index in [1.165, 1.54) is 38.8 Å². The van der Waals surface area contributed by atoms with Crippen molar-refractivity contribution in [2.75, 3.05) is 4.90 Å². The highest BCUT2D eigenvalue weighted by Gasteiger charge is 2.21. The molecule has 0 saturated carbocycles. The highest BCUT2D eigenvalue weighted by molar-refractivity contribution is 5.96. The third kappa shape index (κ3) is 3.55. The zero-order valence-electron chi connectivity index (χ0n) is 17.2. The van der Waals surface area contributed by atoms with Crippen molar-refractivity contribution in [3.63, 3.8) is 0 Å². The van der Waals surface area contributed by atoms with Crippen molar-refractivity contribution in [3.8, 4) is 0 Å².